The number of nitrogens with zero attached hydrogens (tertiary/aromatic N) is 2. The number of fused-ring (bicyclic) bond motifs is 1. The molecule has 1 saturated heterocycles. The molecule has 1 fully saturated rings. The Morgan fingerprint density at radius 1 is 1.47 bits per heavy atom. The third-order valence-corrected chi connectivity index (χ3v) is 4.29. The Bertz CT molecular complexity index is 315. The lowest BCUT2D eigenvalue weighted by Gasteiger charge is -2.37. The number of amidine groups is 1. The molecule has 2 aliphatic rings. The predicted molar refractivity (Wildman–Crippen MR) is 64.6 cm³/mol. The van der Waals surface area contributed by atoms with E-state index >= 15 is 0 Å². The maximum atomic E-state index is 10.0. The summed E-state index contributed by atoms with van der Waals surface area (Å²) >= 11 is 1.41. The summed E-state index contributed by atoms with van der Waals surface area (Å²) in [7, 11) is 3.29. The smallest absolute Gasteiger partial charge is 0.186 e. The maximum Gasteiger partial charge on any atom is 0.186 e. The first-order chi connectivity index (χ1) is 8.08. The molecule has 0 saturated carbocycles. The number of thioether (sulfide) groups is 1. The Balaban J connectivity index is 2.12. The number of rotatable bonds is 2. The number of hydrogen-bond acceptors (Lipinski definition) is 7. The molecular weight excluding hydrogens is 244 g/mol. The monoisotopic (exact) mass is 262 g/mol. The van der Waals surface area contributed by atoms with Crippen LogP contribution in [0.4, 0.5) is 0 Å². The van der Waals surface area contributed by atoms with Crippen molar-refractivity contribution in [2.75, 3.05) is 14.2 Å². The van der Waals surface area contributed by atoms with E-state index in [-0.39, 0.29) is 11.5 Å². The average molecular weight is 262 g/mol. The van der Waals surface area contributed by atoms with Gasteiger partial charge in [-0.2, -0.15) is 0 Å². The molecule has 0 aromatic heterocycles. The van der Waals surface area contributed by atoms with Gasteiger partial charge in [0.2, 0.25) is 0 Å². The molecule has 2 heterocycles. The van der Waals surface area contributed by atoms with Crippen molar-refractivity contribution in [3.63, 3.8) is 0 Å². The fourth-order valence-electron chi connectivity index (χ4n) is 1.98. The van der Waals surface area contributed by atoms with Crippen LogP contribution in [0.2, 0.25) is 0 Å². The Hall–Kier alpha value is -0.340. The van der Waals surface area contributed by atoms with E-state index in [1.165, 1.54) is 16.8 Å². The normalized spacial score (nSPS) is 41.0. The van der Waals surface area contributed by atoms with Gasteiger partial charge in [0.05, 0.1) is 13.2 Å². The lowest BCUT2D eigenvalue weighted by Crippen LogP contribution is -2.54. The van der Waals surface area contributed by atoms with Crippen molar-refractivity contribution in [2.24, 2.45) is 4.99 Å². The second-order valence-electron chi connectivity index (χ2n) is 4.13. The molecule has 0 aliphatic carbocycles. The quantitative estimate of drug-likeness (QED) is 0.672. The van der Waals surface area contributed by atoms with Crippen LogP contribution in [0, 0.1) is 0 Å². The molecule has 17 heavy (non-hydrogen) atoms. The topological polar surface area (TPSA) is 74.5 Å². The number of hydrogen-bond donors (Lipinski definition) is 2. The number of aliphatic hydroxyl groups is 2. The first kappa shape index (κ1) is 13.1. The van der Waals surface area contributed by atoms with Crippen LogP contribution in [0.3, 0.4) is 0 Å². The molecule has 2 aliphatic heterocycles. The molecule has 0 radical (unpaired) electrons. The summed E-state index contributed by atoms with van der Waals surface area (Å²) in [5.41, 5.74) is -0.244. The highest BCUT2D eigenvalue weighted by Gasteiger charge is 2.48. The van der Waals surface area contributed by atoms with Crippen LogP contribution >= 0.6 is 11.8 Å². The minimum atomic E-state index is -0.881. The number of ether oxygens (including phenoxy) is 1. The van der Waals surface area contributed by atoms with Crippen LogP contribution in [0.25, 0.3) is 0 Å². The lowest BCUT2D eigenvalue weighted by atomic mass is 9.97. The van der Waals surface area contributed by atoms with Crippen LogP contribution < -0.4 is 0 Å². The van der Waals surface area contributed by atoms with E-state index in [1.807, 2.05) is 6.92 Å². The molecule has 2 N–H and O–H groups in total. The van der Waals surface area contributed by atoms with Crippen molar-refractivity contribution in [3.8, 4) is 0 Å². The first-order valence-electron chi connectivity index (χ1n) is 5.62. The summed E-state index contributed by atoms with van der Waals surface area (Å²) in [4.78, 5) is 9.36. The molecular formula is C10H18N2O4S. The molecule has 5 atom stereocenters. The van der Waals surface area contributed by atoms with Crippen molar-refractivity contribution in [3.05, 3.63) is 0 Å². The second kappa shape index (κ2) is 5.11. The van der Waals surface area contributed by atoms with Crippen molar-refractivity contribution < 1.29 is 19.8 Å². The molecule has 7 heteroatoms. The molecule has 0 spiro atoms. The Kier molecular flexibility index (Phi) is 3.94. The summed E-state index contributed by atoms with van der Waals surface area (Å²) < 4.78 is 5.72. The SMILES string of the molecule is CCC1OC2SC(N(C)OC)=NC2C(O)C1O. The lowest BCUT2D eigenvalue weighted by molar-refractivity contribution is -0.153. The van der Waals surface area contributed by atoms with Crippen molar-refractivity contribution in [2.45, 2.75) is 43.1 Å². The largest absolute Gasteiger partial charge is 0.388 e. The van der Waals surface area contributed by atoms with E-state index in [4.69, 9.17) is 9.57 Å². The summed E-state index contributed by atoms with van der Waals surface area (Å²) in [5.74, 6) is 0. The van der Waals surface area contributed by atoms with E-state index in [9.17, 15) is 10.2 Å². The molecule has 98 valence electrons. The Morgan fingerprint density at radius 2 is 2.18 bits per heavy atom. The van der Waals surface area contributed by atoms with E-state index in [2.05, 4.69) is 4.99 Å². The van der Waals surface area contributed by atoms with E-state index in [0.29, 0.717) is 11.6 Å². The standard InChI is InChI=1S/C10H18N2O4S/c1-4-5-7(13)8(14)6-9(16-5)17-10(11-6)12(2)15-3/h5-9,13-14H,4H2,1-3H3. The van der Waals surface area contributed by atoms with Gasteiger partial charge in [-0.1, -0.05) is 18.7 Å². The average Bonchev–Trinajstić information content (AvgIpc) is 2.76. The number of hydroxylamine groups is 2. The number of aliphatic hydroxyl groups excluding tert-OH is 2. The van der Waals surface area contributed by atoms with Crippen LogP contribution in [-0.4, -0.2) is 64.4 Å². The highest BCUT2D eigenvalue weighted by Crippen LogP contribution is 2.37. The molecule has 0 amide bonds. The molecule has 0 bridgehead atoms. The third-order valence-electron chi connectivity index (χ3n) is 3.10. The summed E-state index contributed by atoms with van der Waals surface area (Å²) in [6.07, 6.45) is -1.43. The maximum absolute atomic E-state index is 10.0. The second-order valence-corrected chi connectivity index (χ2v) is 5.20. The van der Waals surface area contributed by atoms with Crippen LogP contribution in [0.5, 0.6) is 0 Å². The van der Waals surface area contributed by atoms with E-state index < -0.39 is 18.2 Å². The minimum Gasteiger partial charge on any atom is -0.388 e. The van der Waals surface area contributed by atoms with E-state index in [0.717, 1.165) is 0 Å². The van der Waals surface area contributed by atoms with Gasteiger partial charge in [0.15, 0.2) is 5.17 Å². The summed E-state index contributed by atoms with van der Waals surface area (Å²) in [5, 5.41) is 22.1. The fourth-order valence-corrected chi connectivity index (χ4v) is 3.16. The van der Waals surface area contributed by atoms with Crippen LogP contribution in [0.1, 0.15) is 13.3 Å². The number of aliphatic imine (C=N–C) groups is 1. The van der Waals surface area contributed by atoms with Gasteiger partial charge >= 0.3 is 0 Å². The molecule has 0 aromatic carbocycles. The van der Waals surface area contributed by atoms with Crippen LogP contribution in [-0.2, 0) is 9.57 Å². The van der Waals surface area contributed by atoms with E-state index in [1.54, 1.807) is 14.2 Å². The zero-order valence-corrected chi connectivity index (χ0v) is 10.9. The third kappa shape index (κ3) is 2.30. The first-order valence-corrected chi connectivity index (χ1v) is 6.50. The van der Waals surface area contributed by atoms with Gasteiger partial charge in [0.1, 0.15) is 23.7 Å². The Morgan fingerprint density at radius 3 is 2.76 bits per heavy atom. The highest BCUT2D eigenvalue weighted by molar-refractivity contribution is 8.14. The van der Waals surface area contributed by atoms with Crippen LogP contribution in [0.15, 0.2) is 4.99 Å². The summed E-state index contributed by atoms with van der Waals surface area (Å²) in [6, 6.07) is -0.426. The Labute approximate surface area is 105 Å². The molecule has 2 rings (SSSR count). The van der Waals surface area contributed by atoms with Crippen molar-refractivity contribution >= 4 is 16.9 Å². The van der Waals surface area contributed by atoms with Crippen molar-refractivity contribution in [1.82, 2.24) is 5.06 Å². The van der Waals surface area contributed by atoms with Gasteiger partial charge < -0.3 is 14.9 Å². The van der Waals surface area contributed by atoms with Gasteiger partial charge in [-0.25, -0.2) is 5.06 Å². The molecule has 6 nitrogen and oxygen atoms in total. The summed E-state index contributed by atoms with van der Waals surface area (Å²) in [6.45, 7) is 1.92. The zero-order chi connectivity index (χ0) is 12.6. The fraction of sp³-hybridized carbons (Fsp3) is 0.900. The molecule has 0 aromatic rings. The predicted octanol–water partition coefficient (Wildman–Crippen LogP) is -0.192. The zero-order valence-electron chi connectivity index (χ0n) is 10.1. The molecule has 5 unspecified atom stereocenters. The van der Waals surface area contributed by atoms with Gasteiger partial charge in [0, 0.05) is 7.05 Å². The highest BCUT2D eigenvalue weighted by atomic mass is 32.2. The van der Waals surface area contributed by atoms with Gasteiger partial charge in [-0.05, 0) is 6.42 Å². The minimum absolute atomic E-state index is 0.244. The van der Waals surface area contributed by atoms with Gasteiger partial charge in [0.25, 0.3) is 0 Å². The van der Waals surface area contributed by atoms with Crippen molar-refractivity contribution in [1.29, 1.82) is 0 Å². The van der Waals surface area contributed by atoms with Gasteiger partial charge in [-0.15, -0.1) is 0 Å². The van der Waals surface area contributed by atoms with Gasteiger partial charge in [-0.3, -0.25) is 9.83 Å².